The maximum absolute atomic E-state index is 13.7. The van der Waals surface area contributed by atoms with E-state index in [1.807, 2.05) is 0 Å². The summed E-state index contributed by atoms with van der Waals surface area (Å²) in [6.45, 7) is 1.55. The Morgan fingerprint density at radius 1 is 1.21 bits per heavy atom. The zero-order valence-electron chi connectivity index (χ0n) is 21.8. The monoisotopic (exact) mass is 595 g/mol. The molecule has 12 heteroatoms. The molecule has 1 saturated heterocycles. The molecule has 2 heterocycles. The quantitative estimate of drug-likeness (QED) is 0.300. The van der Waals surface area contributed by atoms with Crippen LogP contribution in [0, 0.1) is 0 Å². The number of carbonyl (C=O) groups excluding carboxylic acids is 1. The second-order valence-corrected chi connectivity index (χ2v) is 12.0. The Morgan fingerprint density at radius 2 is 2.03 bits per heavy atom. The number of rotatable bonds is 12. The molecule has 2 aromatic carbocycles. The molecular weight excluding hydrogens is 565 g/mol. The van der Waals surface area contributed by atoms with Gasteiger partial charge in [0.1, 0.15) is 5.75 Å². The molecule has 0 aliphatic carbocycles. The van der Waals surface area contributed by atoms with Crippen LogP contribution in [-0.2, 0) is 38.2 Å². The van der Waals surface area contributed by atoms with E-state index in [9.17, 15) is 13.2 Å². The first kappa shape index (κ1) is 29.4. The highest BCUT2D eigenvalue weighted by atomic mass is 35.5. The van der Waals surface area contributed by atoms with Crippen molar-refractivity contribution in [2.24, 2.45) is 0 Å². The predicted octanol–water partition coefficient (Wildman–Crippen LogP) is 4.64. The zero-order chi connectivity index (χ0) is 28.0. The van der Waals surface area contributed by atoms with Gasteiger partial charge >= 0.3 is 0 Å². The van der Waals surface area contributed by atoms with Gasteiger partial charge in [0.25, 0.3) is 5.91 Å². The Bertz CT molecular complexity index is 1410. The molecule has 4 rings (SSSR count). The van der Waals surface area contributed by atoms with Gasteiger partial charge in [-0.2, -0.15) is 0 Å². The van der Waals surface area contributed by atoms with Crippen molar-refractivity contribution >= 4 is 38.9 Å². The van der Waals surface area contributed by atoms with Gasteiger partial charge < -0.3 is 23.7 Å². The van der Waals surface area contributed by atoms with Crippen molar-refractivity contribution in [2.45, 2.75) is 42.9 Å². The van der Waals surface area contributed by atoms with E-state index >= 15 is 0 Å². The van der Waals surface area contributed by atoms with Gasteiger partial charge in [-0.15, -0.1) is 0 Å². The molecule has 0 saturated carbocycles. The van der Waals surface area contributed by atoms with Gasteiger partial charge in [0, 0.05) is 31.8 Å². The molecule has 9 nitrogen and oxygen atoms in total. The van der Waals surface area contributed by atoms with E-state index in [1.54, 1.807) is 45.9 Å². The number of hydrogen-bond donors (Lipinski definition) is 0. The molecule has 210 valence electrons. The average molecular weight is 597 g/mol. The Hall–Kier alpha value is -2.63. The largest absolute Gasteiger partial charge is 0.497 e. The van der Waals surface area contributed by atoms with Gasteiger partial charge in [-0.05, 0) is 48.7 Å². The minimum atomic E-state index is -3.84. The van der Waals surface area contributed by atoms with Crippen LogP contribution in [0.25, 0.3) is 0 Å². The Morgan fingerprint density at radius 3 is 2.72 bits per heavy atom. The van der Waals surface area contributed by atoms with E-state index in [-0.39, 0.29) is 47.6 Å². The summed E-state index contributed by atoms with van der Waals surface area (Å²) in [6.07, 6.45) is 3.09. The van der Waals surface area contributed by atoms with Crippen LogP contribution in [-0.4, -0.2) is 68.9 Å². The van der Waals surface area contributed by atoms with Gasteiger partial charge in [-0.1, -0.05) is 35.3 Å². The van der Waals surface area contributed by atoms with E-state index in [1.165, 1.54) is 26.5 Å². The zero-order valence-corrected chi connectivity index (χ0v) is 24.1. The highest BCUT2D eigenvalue weighted by Crippen LogP contribution is 2.26. The Balaban J connectivity index is 1.67. The molecule has 39 heavy (non-hydrogen) atoms. The van der Waals surface area contributed by atoms with Crippen molar-refractivity contribution in [3.05, 3.63) is 75.5 Å². The van der Waals surface area contributed by atoms with Gasteiger partial charge in [-0.3, -0.25) is 4.79 Å². The van der Waals surface area contributed by atoms with Crippen molar-refractivity contribution in [3.63, 3.8) is 0 Å². The minimum absolute atomic E-state index is 0.0913. The number of hydrogen-bond acceptors (Lipinski definition) is 7. The van der Waals surface area contributed by atoms with Crippen LogP contribution in [0.3, 0.4) is 0 Å². The number of methoxy groups -OCH3 is 2. The maximum atomic E-state index is 13.7. The highest BCUT2D eigenvalue weighted by Gasteiger charge is 2.29. The maximum Gasteiger partial charge on any atom is 0.255 e. The molecular formula is C27H31Cl2N3O6S. The number of halogens is 2. The van der Waals surface area contributed by atoms with Gasteiger partial charge in [0.05, 0.1) is 54.6 Å². The first-order valence-corrected chi connectivity index (χ1v) is 14.9. The Labute approximate surface area is 238 Å². The minimum Gasteiger partial charge on any atom is -0.497 e. The Kier molecular flexibility index (Phi) is 9.90. The van der Waals surface area contributed by atoms with Crippen LogP contribution in [0.4, 0.5) is 0 Å². The number of imidazole rings is 1. The smallest absolute Gasteiger partial charge is 0.255 e. The third-order valence-electron chi connectivity index (χ3n) is 6.44. The van der Waals surface area contributed by atoms with Crippen LogP contribution < -0.4 is 4.74 Å². The molecule has 1 aliphatic rings. The molecule has 1 aromatic heterocycles. The number of ether oxygens (including phenoxy) is 3. The van der Waals surface area contributed by atoms with Crippen molar-refractivity contribution in [1.82, 2.24) is 14.5 Å². The third-order valence-corrected chi connectivity index (χ3v) is 8.58. The fourth-order valence-corrected chi connectivity index (χ4v) is 6.51. The first-order valence-electron chi connectivity index (χ1n) is 12.5. The summed E-state index contributed by atoms with van der Waals surface area (Å²) in [6, 6.07) is 11.6. The van der Waals surface area contributed by atoms with E-state index in [0.29, 0.717) is 40.7 Å². The topological polar surface area (TPSA) is 100.0 Å². The van der Waals surface area contributed by atoms with Crippen molar-refractivity contribution in [3.8, 4) is 5.75 Å². The van der Waals surface area contributed by atoms with Crippen LogP contribution in [0.15, 0.2) is 53.8 Å². The predicted molar refractivity (Wildman–Crippen MR) is 148 cm³/mol. The molecule has 1 atom stereocenters. The fourth-order valence-electron chi connectivity index (χ4n) is 4.52. The first-order chi connectivity index (χ1) is 18.7. The van der Waals surface area contributed by atoms with E-state index in [2.05, 4.69) is 4.98 Å². The molecule has 1 fully saturated rings. The molecule has 1 amide bonds. The van der Waals surface area contributed by atoms with E-state index in [4.69, 9.17) is 37.4 Å². The second kappa shape index (κ2) is 13.1. The summed E-state index contributed by atoms with van der Waals surface area (Å²) in [5.41, 5.74) is 1.42. The lowest BCUT2D eigenvalue weighted by Crippen LogP contribution is -2.37. The molecule has 0 bridgehead atoms. The van der Waals surface area contributed by atoms with E-state index < -0.39 is 9.84 Å². The van der Waals surface area contributed by atoms with Crippen molar-refractivity contribution in [1.29, 1.82) is 0 Å². The number of amides is 1. The van der Waals surface area contributed by atoms with Crippen molar-refractivity contribution < 1.29 is 27.4 Å². The number of carbonyl (C=O) groups is 1. The summed E-state index contributed by atoms with van der Waals surface area (Å²) in [7, 11) is -0.779. The normalized spacial score (nSPS) is 15.4. The number of benzene rings is 2. The number of aromatic nitrogens is 2. The lowest BCUT2D eigenvalue weighted by molar-refractivity contribution is 0.0500. The number of nitrogens with zero attached hydrogens (tertiary/aromatic N) is 3. The van der Waals surface area contributed by atoms with Crippen LogP contribution in [0.2, 0.25) is 10.0 Å². The summed E-state index contributed by atoms with van der Waals surface area (Å²) >= 11 is 12.4. The standard InChI is InChI=1S/C27H31Cl2N3O6S/c1-36-12-10-32-21(15-30-27(32)39(34,35)18-19-5-3-6-22(13-19)37-2)16-31(17-23-7-4-11-38-23)26(33)24-9-8-20(28)14-25(24)29/h3,5-6,8-9,13-15,23H,4,7,10-12,16-18H2,1-2H3/t23-/m1/s1. The lowest BCUT2D eigenvalue weighted by Gasteiger charge is -2.26. The molecule has 1 aliphatic heterocycles. The lowest BCUT2D eigenvalue weighted by atomic mass is 10.1. The SMILES string of the molecule is COCCn1c(CN(C[C@H]2CCCO2)C(=O)c2ccc(Cl)cc2Cl)cnc1S(=O)(=O)Cc1cccc(OC)c1. The van der Waals surface area contributed by atoms with E-state index in [0.717, 1.165) is 12.8 Å². The third kappa shape index (κ3) is 7.32. The fraction of sp³-hybridized carbons (Fsp3) is 0.407. The summed E-state index contributed by atoms with van der Waals surface area (Å²) in [4.78, 5) is 19.6. The van der Waals surface area contributed by atoms with Crippen LogP contribution in [0.1, 0.15) is 34.5 Å². The number of sulfone groups is 1. The summed E-state index contributed by atoms with van der Waals surface area (Å²) in [5, 5.41) is 0.566. The molecule has 3 aromatic rings. The van der Waals surface area contributed by atoms with Gasteiger partial charge in [0.15, 0.2) is 0 Å². The second-order valence-electron chi connectivity index (χ2n) is 9.23. The molecule has 0 spiro atoms. The van der Waals surface area contributed by atoms with Crippen LogP contribution >= 0.6 is 23.2 Å². The summed E-state index contributed by atoms with van der Waals surface area (Å²) in [5.74, 6) is -0.00486. The molecule has 0 radical (unpaired) electrons. The molecule has 0 unspecified atom stereocenters. The highest BCUT2D eigenvalue weighted by molar-refractivity contribution is 7.90. The van der Waals surface area contributed by atoms with Gasteiger partial charge in [0.2, 0.25) is 15.0 Å². The summed E-state index contributed by atoms with van der Waals surface area (Å²) < 4.78 is 44.9. The molecule has 0 N–H and O–H groups in total. The van der Waals surface area contributed by atoms with Crippen LogP contribution in [0.5, 0.6) is 5.75 Å². The van der Waals surface area contributed by atoms with Gasteiger partial charge in [-0.25, -0.2) is 13.4 Å². The average Bonchev–Trinajstić information content (AvgIpc) is 3.57. The van der Waals surface area contributed by atoms with Crippen molar-refractivity contribution in [2.75, 3.05) is 34.0 Å².